The molecule has 0 aromatic rings. The largest absolute Gasteiger partial charge is 0.394 e. The van der Waals surface area contributed by atoms with Crippen LogP contribution in [-0.2, 0) is 4.79 Å². The Morgan fingerprint density at radius 3 is 1.16 bits per heavy atom. The molecule has 3 atom stereocenters. The first-order chi connectivity index (χ1) is 28.6. The van der Waals surface area contributed by atoms with E-state index in [0.717, 1.165) is 44.9 Å². The highest BCUT2D eigenvalue weighted by atomic mass is 16.3. The Hall–Kier alpha value is -1.69. The summed E-state index contributed by atoms with van der Waals surface area (Å²) in [5.41, 5.74) is 0. The third-order valence-corrected chi connectivity index (χ3v) is 11.6. The van der Waals surface area contributed by atoms with E-state index in [1.807, 2.05) is 6.08 Å². The summed E-state index contributed by atoms with van der Waals surface area (Å²) in [5, 5.41) is 33.2. The highest BCUT2D eigenvalue weighted by molar-refractivity contribution is 5.80. The Labute approximate surface area is 361 Å². The zero-order valence-corrected chi connectivity index (χ0v) is 38.7. The van der Waals surface area contributed by atoms with E-state index >= 15 is 0 Å². The molecule has 0 aromatic carbocycles. The monoisotopic (exact) mass is 814 g/mol. The van der Waals surface area contributed by atoms with Gasteiger partial charge in [-0.2, -0.15) is 0 Å². The molecule has 0 saturated carbocycles. The number of allylic oxidation sites excluding steroid dienone is 7. The average Bonchev–Trinajstić information content (AvgIpc) is 3.23. The van der Waals surface area contributed by atoms with Crippen molar-refractivity contribution in [3.63, 3.8) is 0 Å². The van der Waals surface area contributed by atoms with Gasteiger partial charge in [-0.3, -0.25) is 4.79 Å². The summed E-state index contributed by atoms with van der Waals surface area (Å²) in [6, 6.07) is -0.815. The molecule has 0 bridgehead atoms. The van der Waals surface area contributed by atoms with Crippen LogP contribution < -0.4 is 5.32 Å². The molecule has 0 aliphatic heterocycles. The molecule has 0 aliphatic carbocycles. The first kappa shape index (κ1) is 56.3. The van der Waals surface area contributed by atoms with Gasteiger partial charge in [-0.15, -0.1) is 0 Å². The van der Waals surface area contributed by atoms with E-state index in [1.165, 1.54) is 193 Å². The Bertz CT molecular complexity index is 943. The smallest absolute Gasteiger partial charge is 0.249 e. The summed E-state index contributed by atoms with van der Waals surface area (Å²) < 4.78 is 0. The van der Waals surface area contributed by atoms with Gasteiger partial charge < -0.3 is 20.6 Å². The van der Waals surface area contributed by atoms with E-state index in [2.05, 4.69) is 55.6 Å². The standard InChI is InChI=1S/C53H99NO4/c1-3-5-7-9-11-13-15-17-19-20-21-22-23-24-25-26-27-28-29-30-31-32-33-34-36-38-40-42-44-46-48-52(57)53(58)54-50(49-55)51(56)47-45-43-41-39-37-35-18-16-14-12-10-8-6-4-2/h21-22,24-25,37,39,45,47,50-52,55-57H,3-20,23,26-36,38,40-44,46,48-49H2,1-2H3,(H,54,58)/b22-21-,25-24-,39-37+,47-45+. The van der Waals surface area contributed by atoms with Crippen molar-refractivity contribution in [2.45, 2.75) is 276 Å². The molecule has 0 heterocycles. The van der Waals surface area contributed by atoms with Crippen LogP contribution in [0.15, 0.2) is 48.6 Å². The van der Waals surface area contributed by atoms with E-state index < -0.39 is 24.2 Å². The molecule has 0 rings (SSSR count). The minimum atomic E-state index is -1.11. The molecule has 0 fully saturated rings. The highest BCUT2D eigenvalue weighted by Crippen LogP contribution is 2.16. The Balaban J connectivity index is 3.59. The van der Waals surface area contributed by atoms with E-state index in [9.17, 15) is 20.1 Å². The van der Waals surface area contributed by atoms with Crippen molar-refractivity contribution in [2.75, 3.05) is 6.61 Å². The van der Waals surface area contributed by atoms with Crippen LogP contribution in [0, 0.1) is 0 Å². The molecule has 4 N–H and O–H groups in total. The van der Waals surface area contributed by atoms with Crippen molar-refractivity contribution in [3.8, 4) is 0 Å². The fraction of sp³-hybridized carbons (Fsp3) is 0.830. The summed E-state index contributed by atoms with van der Waals surface area (Å²) in [6.45, 7) is 4.17. The second kappa shape index (κ2) is 48.0. The van der Waals surface area contributed by atoms with Crippen molar-refractivity contribution >= 4 is 5.91 Å². The zero-order valence-electron chi connectivity index (χ0n) is 38.7. The first-order valence-electron chi connectivity index (χ1n) is 25.5. The maximum atomic E-state index is 12.5. The summed E-state index contributed by atoms with van der Waals surface area (Å²) in [7, 11) is 0. The van der Waals surface area contributed by atoms with Crippen molar-refractivity contribution in [1.82, 2.24) is 5.32 Å². The van der Waals surface area contributed by atoms with Crippen molar-refractivity contribution in [2.24, 2.45) is 0 Å². The fourth-order valence-corrected chi connectivity index (χ4v) is 7.64. The molecule has 5 nitrogen and oxygen atoms in total. The number of carbonyl (C=O) groups excluding carboxylic acids is 1. The summed E-state index contributed by atoms with van der Waals surface area (Å²) >= 11 is 0. The summed E-state index contributed by atoms with van der Waals surface area (Å²) in [5.74, 6) is -0.513. The van der Waals surface area contributed by atoms with Gasteiger partial charge in [0, 0.05) is 0 Å². The number of aliphatic hydroxyl groups excluding tert-OH is 3. The van der Waals surface area contributed by atoms with Gasteiger partial charge in [-0.25, -0.2) is 0 Å². The summed E-state index contributed by atoms with van der Waals surface area (Å²) in [6.07, 6.45) is 63.2. The van der Waals surface area contributed by atoms with Gasteiger partial charge in [0.05, 0.1) is 18.8 Å². The SMILES string of the molecule is CCCCCCCCCC/C=C/CC/C=C/C(O)C(CO)NC(=O)C(O)CCCCCCCCCCCCCCCC/C=C\C/C=C\CCCCCCCCCCC. The van der Waals surface area contributed by atoms with Crippen LogP contribution >= 0.6 is 0 Å². The number of rotatable bonds is 46. The molecule has 0 saturated heterocycles. The lowest BCUT2D eigenvalue weighted by atomic mass is 10.0. The predicted molar refractivity (Wildman–Crippen MR) is 254 cm³/mol. The lowest BCUT2D eigenvalue weighted by Gasteiger charge is -2.21. The first-order valence-corrected chi connectivity index (χ1v) is 25.5. The Kier molecular flexibility index (Phi) is 46.6. The fourth-order valence-electron chi connectivity index (χ4n) is 7.64. The molecule has 340 valence electrons. The maximum Gasteiger partial charge on any atom is 0.249 e. The number of hydrogen-bond acceptors (Lipinski definition) is 4. The minimum absolute atomic E-state index is 0.376. The predicted octanol–water partition coefficient (Wildman–Crippen LogP) is 15.3. The topological polar surface area (TPSA) is 89.8 Å². The number of amides is 1. The lowest BCUT2D eigenvalue weighted by molar-refractivity contribution is -0.131. The van der Waals surface area contributed by atoms with Crippen molar-refractivity contribution in [1.29, 1.82) is 0 Å². The van der Waals surface area contributed by atoms with Crippen LogP contribution in [0.3, 0.4) is 0 Å². The maximum absolute atomic E-state index is 12.5. The van der Waals surface area contributed by atoms with E-state index in [0.29, 0.717) is 6.42 Å². The van der Waals surface area contributed by atoms with Crippen LogP contribution in [0.4, 0.5) is 0 Å². The van der Waals surface area contributed by atoms with Gasteiger partial charge in [0.25, 0.3) is 0 Å². The van der Waals surface area contributed by atoms with Crippen LogP contribution in [-0.4, -0.2) is 46.1 Å². The third kappa shape index (κ3) is 42.4. The second-order valence-corrected chi connectivity index (χ2v) is 17.4. The average molecular weight is 814 g/mol. The molecule has 1 amide bonds. The van der Waals surface area contributed by atoms with Crippen molar-refractivity contribution in [3.05, 3.63) is 48.6 Å². The highest BCUT2D eigenvalue weighted by Gasteiger charge is 2.22. The van der Waals surface area contributed by atoms with Crippen LogP contribution in [0.2, 0.25) is 0 Å². The van der Waals surface area contributed by atoms with E-state index in [-0.39, 0.29) is 6.61 Å². The van der Waals surface area contributed by atoms with Gasteiger partial charge in [0.2, 0.25) is 5.91 Å². The minimum Gasteiger partial charge on any atom is -0.394 e. The van der Waals surface area contributed by atoms with Gasteiger partial charge in [0.1, 0.15) is 6.10 Å². The molecule has 5 heteroatoms. The normalized spacial score (nSPS) is 13.8. The van der Waals surface area contributed by atoms with Gasteiger partial charge in [-0.05, 0) is 64.2 Å². The van der Waals surface area contributed by atoms with E-state index in [4.69, 9.17) is 0 Å². The number of unbranched alkanes of at least 4 members (excludes halogenated alkanes) is 32. The van der Waals surface area contributed by atoms with Crippen molar-refractivity contribution < 1.29 is 20.1 Å². The second-order valence-electron chi connectivity index (χ2n) is 17.4. The van der Waals surface area contributed by atoms with Gasteiger partial charge >= 0.3 is 0 Å². The van der Waals surface area contributed by atoms with Gasteiger partial charge in [-0.1, -0.05) is 242 Å². The lowest BCUT2D eigenvalue weighted by Crippen LogP contribution is -2.48. The Morgan fingerprint density at radius 2 is 0.759 bits per heavy atom. The molecule has 0 spiro atoms. The van der Waals surface area contributed by atoms with Crippen LogP contribution in [0.5, 0.6) is 0 Å². The molecular formula is C53H99NO4. The van der Waals surface area contributed by atoms with Crippen LogP contribution in [0.25, 0.3) is 0 Å². The zero-order chi connectivity index (χ0) is 42.3. The number of aliphatic hydroxyl groups is 3. The summed E-state index contributed by atoms with van der Waals surface area (Å²) in [4.78, 5) is 12.5. The number of nitrogens with one attached hydrogen (secondary N) is 1. The van der Waals surface area contributed by atoms with E-state index in [1.54, 1.807) is 6.08 Å². The molecule has 0 radical (unpaired) electrons. The molecule has 0 aromatic heterocycles. The number of carbonyl (C=O) groups is 1. The third-order valence-electron chi connectivity index (χ3n) is 11.6. The molecule has 0 aliphatic rings. The molecule has 3 unspecified atom stereocenters. The molecule has 58 heavy (non-hydrogen) atoms. The van der Waals surface area contributed by atoms with Crippen LogP contribution in [0.1, 0.15) is 258 Å². The number of hydrogen-bond donors (Lipinski definition) is 4. The van der Waals surface area contributed by atoms with Gasteiger partial charge in [0.15, 0.2) is 0 Å². The Morgan fingerprint density at radius 1 is 0.431 bits per heavy atom. The molecular weight excluding hydrogens is 715 g/mol. The quantitative estimate of drug-likeness (QED) is 0.0364.